The Hall–Kier alpha value is -3.00. The minimum Gasteiger partial charge on any atom is -0.346 e. The standard InChI is InChI=1S/C39H66N6O7S/c1-11-19-40-34(48)31(46)27(20-24-17-18-24)41-33(47)30-29-26(39(29,8)9)22-45(30)35(49)32(38(5,6)7)43-36(50)42-28(37(2,3)4)23-44(53(10,51)52)21-25-15-13-12-14-16-25/h11,24-30,32H,1,12-23H2,2-10H3,(H,40,48)(H,41,47)(H2,42,43,50)/t26-,27?,28+,29-,30-,32+/m0/s1. The number of carbonyl (C=O) groups excluding carboxylic acids is 5. The summed E-state index contributed by atoms with van der Waals surface area (Å²) < 4.78 is 27.4. The number of sulfonamides is 1. The van der Waals surface area contributed by atoms with Crippen LogP contribution >= 0.6 is 0 Å². The van der Waals surface area contributed by atoms with E-state index in [4.69, 9.17) is 0 Å². The third kappa shape index (κ3) is 10.8. The van der Waals surface area contributed by atoms with Gasteiger partial charge in [-0.2, -0.15) is 4.31 Å². The third-order valence-electron chi connectivity index (χ3n) is 12.1. The number of amides is 5. The van der Waals surface area contributed by atoms with E-state index in [1.54, 1.807) is 4.90 Å². The van der Waals surface area contributed by atoms with Gasteiger partial charge in [0.2, 0.25) is 27.6 Å². The van der Waals surface area contributed by atoms with Crippen LogP contribution in [0.4, 0.5) is 4.79 Å². The molecule has 0 aromatic carbocycles. The molecule has 53 heavy (non-hydrogen) atoms. The van der Waals surface area contributed by atoms with Gasteiger partial charge in [-0.25, -0.2) is 13.2 Å². The summed E-state index contributed by atoms with van der Waals surface area (Å²) in [5, 5.41) is 11.3. The number of likely N-dealkylation sites (tertiary alicyclic amines) is 1. The Morgan fingerprint density at radius 1 is 0.906 bits per heavy atom. The van der Waals surface area contributed by atoms with Crippen molar-refractivity contribution in [3.8, 4) is 0 Å². The summed E-state index contributed by atoms with van der Waals surface area (Å²) >= 11 is 0. The highest BCUT2D eigenvalue weighted by Gasteiger charge is 2.70. The molecule has 300 valence electrons. The van der Waals surface area contributed by atoms with Crippen LogP contribution in [-0.2, 0) is 29.2 Å². The number of Topliss-reactive ketones (excluding diaryl/α,β-unsaturated/α-hetero) is 1. The summed E-state index contributed by atoms with van der Waals surface area (Å²) in [5.41, 5.74) is -1.49. The normalized spacial score (nSPS) is 24.7. The molecule has 0 radical (unpaired) electrons. The first kappa shape index (κ1) is 42.7. The van der Waals surface area contributed by atoms with Crippen LogP contribution in [-0.4, -0.2) is 104 Å². The summed E-state index contributed by atoms with van der Waals surface area (Å²) in [5.74, 6) is -1.97. The first-order valence-electron chi connectivity index (χ1n) is 19.5. The minimum absolute atomic E-state index is 0.0570. The number of nitrogens with one attached hydrogen (secondary N) is 4. The Bertz CT molecular complexity index is 1510. The zero-order chi connectivity index (χ0) is 39.7. The van der Waals surface area contributed by atoms with E-state index in [1.807, 2.05) is 41.5 Å². The van der Waals surface area contributed by atoms with Crippen LogP contribution in [0.1, 0.15) is 107 Å². The van der Waals surface area contributed by atoms with Crippen LogP contribution in [0.5, 0.6) is 0 Å². The van der Waals surface area contributed by atoms with Gasteiger partial charge in [0.15, 0.2) is 0 Å². The van der Waals surface area contributed by atoms with E-state index in [9.17, 15) is 32.4 Å². The number of fused-ring (bicyclic) bond motifs is 1. The summed E-state index contributed by atoms with van der Waals surface area (Å²) in [6, 6.07) is -4.09. The van der Waals surface area contributed by atoms with Gasteiger partial charge in [0.25, 0.3) is 5.91 Å². The monoisotopic (exact) mass is 762 g/mol. The number of ketones is 1. The Morgan fingerprint density at radius 2 is 1.53 bits per heavy atom. The van der Waals surface area contributed by atoms with Crippen molar-refractivity contribution in [2.75, 3.05) is 32.4 Å². The van der Waals surface area contributed by atoms with Crippen LogP contribution in [0.15, 0.2) is 12.7 Å². The number of rotatable bonds is 16. The van der Waals surface area contributed by atoms with Crippen molar-refractivity contribution in [3.05, 3.63) is 12.7 Å². The summed E-state index contributed by atoms with van der Waals surface area (Å²) in [6.45, 7) is 20.0. The van der Waals surface area contributed by atoms with Gasteiger partial charge in [-0.15, -0.1) is 6.58 Å². The molecule has 1 heterocycles. The van der Waals surface area contributed by atoms with E-state index < -0.39 is 74.6 Å². The molecule has 0 bridgehead atoms. The van der Waals surface area contributed by atoms with E-state index in [2.05, 4.69) is 41.7 Å². The molecule has 5 amide bonds. The molecule has 4 rings (SSSR count). The number of nitrogens with zero attached hydrogens (tertiary/aromatic N) is 2. The van der Waals surface area contributed by atoms with Crippen LogP contribution in [0, 0.1) is 39.9 Å². The fourth-order valence-corrected chi connectivity index (χ4v) is 9.19. The third-order valence-corrected chi connectivity index (χ3v) is 13.3. The minimum atomic E-state index is -3.56. The molecule has 13 nitrogen and oxygen atoms in total. The molecule has 1 unspecified atom stereocenters. The van der Waals surface area contributed by atoms with Crippen molar-refractivity contribution in [1.29, 1.82) is 0 Å². The molecular weight excluding hydrogens is 697 g/mol. The average molecular weight is 763 g/mol. The van der Waals surface area contributed by atoms with Gasteiger partial charge >= 0.3 is 6.03 Å². The Balaban J connectivity index is 1.52. The Labute approximate surface area is 317 Å². The molecule has 4 N–H and O–H groups in total. The molecular formula is C39H66N6O7S. The average Bonchev–Trinajstić information content (AvgIpc) is 3.91. The number of piperidine rings is 1. The van der Waals surface area contributed by atoms with Gasteiger partial charge in [-0.3, -0.25) is 19.2 Å². The van der Waals surface area contributed by atoms with E-state index in [0.717, 1.165) is 44.9 Å². The summed E-state index contributed by atoms with van der Waals surface area (Å²) in [4.78, 5) is 69.9. The van der Waals surface area contributed by atoms with E-state index in [-0.39, 0.29) is 42.2 Å². The van der Waals surface area contributed by atoms with Gasteiger partial charge in [0.1, 0.15) is 12.1 Å². The zero-order valence-corrected chi connectivity index (χ0v) is 34.4. The predicted octanol–water partition coefficient (Wildman–Crippen LogP) is 3.60. The summed E-state index contributed by atoms with van der Waals surface area (Å²) in [7, 11) is -3.56. The highest BCUT2D eigenvalue weighted by molar-refractivity contribution is 7.88. The van der Waals surface area contributed by atoms with Crippen molar-refractivity contribution >= 4 is 39.6 Å². The second-order valence-corrected chi connectivity index (χ2v) is 20.9. The number of hydrogen-bond acceptors (Lipinski definition) is 7. The fraction of sp³-hybridized carbons (Fsp3) is 0.821. The molecule has 0 aromatic rings. The van der Waals surface area contributed by atoms with Gasteiger partial charge in [0.05, 0.1) is 12.3 Å². The van der Waals surface area contributed by atoms with Crippen LogP contribution < -0.4 is 21.3 Å². The van der Waals surface area contributed by atoms with Crippen molar-refractivity contribution in [1.82, 2.24) is 30.5 Å². The van der Waals surface area contributed by atoms with Crippen LogP contribution in [0.25, 0.3) is 0 Å². The fourth-order valence-electron chi connectivity index (χ4n) is 8.29. The maximum atomic E-state index is 14.5. The number of hydrogen-bond donors (Lipinski definition) is 4. The molecule has 0 spiro atoms. The lowest BCUT2D eigenvalue weighted by atomic mass is 9.84. The van der Waals surface area contributed by atoms with E-state index in [1.165, 1.54) is 16.6 Å². The Kier molecular flexibility index (Phi) is 13.2. The predicted molar refractivity (Wildman–Crippen MR) is 205 cm³/mol. The molecule has 6 atom stereocenters. The van der Waals surface area contributed by atoms with Gasteiger partial charge < -0.3 is 26.2 Å². The highest BCUT2D eigenvalue weighted by Crippen LogP contribution is 2.65. The SMILES string of the molecule is C=CCNC(=O)C(=O)C(CC1CC1)NC(=O)[C@@H]1[C@@H]2[C@H](CN1C(=O)[C@@H](NC(=O)N[C@H](CN(CC1CCCCC1)S(C)(=O)=O)C(C)(C)C)C(C)(C)C)C2(C)C. The van der Waals surface area contributed by atoms with Crippen LogP contribution in [0.2, 0.25) is 0 Å². The maximum Gasteiger partial charge on any atom is 0.315 e. The molecule has 3 aliphatic carbocycles. The first-order valence-corrected chi connectivity index (χ1v) is 21.4. The lowest BCUT2D eigenvalue weighted by Gasteiger charge is -2.39. The highest BCUT2D eigenvalue weighted by atomic mass is 32.2. The Morgan fingerprint density at radius 3 is 2.06 bits per heavy atom. The van der Waals surface area contributed by atoms with E-state index >= 15 is 0 Å². The smallest absolute Gasteiger partial charge is 0.315 e. The van der Waals surface area contributed by atoms with Crippen LogP contribution in [0.3, 0.4) is 0 Å². The zero-order valence-electron chi connectivity index (χ0n) is 33.5. The number of carbonyl (C=O) groups is 5. The second-order valence-electron chi connectivity index (χ2n) is 18.9. The lowest BCUT2D eigenvalue weighted by molar-refractivity contribution is -0.145. The van der Waals surface area contributed by atoms with Gasteiger partial charge in [0, 0.05) is 32.2 Å². The molecule has 0 aromatic heterocycles. The molecule has 4 aliphatic rings. The first-order chi connectivity index (χ1) is 24.5. The molecule has 1 saturated heterocycles. The maximum absolute atomic E-state index is 14.5. The lowest BCUT2D eigenvalue weighted by Crippen LogP contribution is -2.63. The van der Waals surface area contributed by atoms with Crippen molar-refractivity contribution in [2.24, 2.45) is 39.9 Å². The van der Waals surface area contributed by atoms with E-state index in [0.29, 0.717) is 19.5 Å². The van der Waals surface area contributed by atoms with Crippen molar-refractivity contribution in [3.63, 3.8) is 0 Å². The molecule has 14 heteroatoms. The van der Waals surface area contributed by atoms with Crippen molar-refractivity contribution in [2.45, 2.75) is 131 Å². The topological polar surface area (TPSA) is 174 Å². The number of urea groups is 1. The molecule has 4 fully saturated rings. The van der Waals surface area contributed by atoms with Crippen molar-refractivity contribution < 1.29 is 32.4 Å². The van der Waals surface area contributed by atoms with Gasteiger partial charge in [-0.1, -0.05) is 93.6 Å². The largest absolute Gasteiger partial charge is 0.346 e. The quantitative estimate of drug-likeness (QED) is 0.137. The second kappa shape index (κ2) is 16.4. The summed E-state index contributed by atoms with van der Waals surface area (Å²) in [6.07, 6.45) is 10.2. The molecule has 3 saturated carbocycles. The molecule has 1 aliphatic heterocycles. The van der Waals surface area contributed by atoms with Gasteiger partial charge in [-0.05, 0) is 59.2 Å².